The summed E-state index contributed by atoms with van der Waals surface area (Å²) in [6.07, 6.45) is 5.09. The Hall–Kier alpha value is -3.11. The number of nitrogens with one attached hydrogen (secondary N) is 1. The molecule has 0 radical (unpaired) electrons. The molecule has 1 saturated heterocycles. The summed E-state index contributed by atoms with van der Waals surface area (Å²) in [7, 11) is 1.83. The maximum absolute atomic E-state index is 12.9. The molecule has 1 aromatic carbocycles. The summed E-state index contributed by atoms with van der Waals surface area (Å²) >= 11 is 1.74. The van der Waals surface area contributed by atoms with Gasteiger partial charge in [-0.2, -0.15) is 0 Å². The van der Waals surface area contributed by atoms with Gasteiger partial charge in [0.05, 0.1) is 26.3 Å². The van der Waals surface area contributed by atoms with E-state index in [-0.39, 0.29) is 11.8 Å². The second-order valence-corrected chi connectivity index (χ2v) is 10.8. The minimum Gasteiger partial charge on any atom is -0.379 e. The molecule has 0 bridgehead atoms. The number of carbonyl (C=O) groups excluding carboxylic acids is 2. The van der Waals surface area contributed by atoms with Crippen molar-refractivity contribution in [3.05, 3.63) is 64.2 Å². The number of hydrogen-bond donors (Lipinski definition) is 1. The maximum atomic E-state index is 12.9. The zero-order chi connectivity index (χ0) is 25.8. The van der Waals surface area contributed by atoms with Crippen LogP contribution in [0.25, 0.3) is 16.2 Å². The van der Waals surface area contributed by atoms with Crippen LogP contribution in [0.15, 0.2) is 42.6 Å². The third kappa shape index (κ3) is 6.24. The van der Waals surface area contributed by atoms with E-state index in [1.807, 2.05) is 25.2 Å². The van der Waals surface area contributed by atoms with Gasteiger partial charge in [-0.3, -0.25) is 19.4 Å². The summed E-state index contributed by atoms with van der Waals surface area (Å²) in [4.78, 5) is 37.2. The lowest BCUT2D eigenvalue weighted by Crippen LogP contribution is -2.42. The highest BCUT2D eigenvalue weighted by molar-refractivity contribution is 7.19. The molecular weight excluding hydrogens is 486 g/mol. The molecule has 0 unspecified atom stereocenters. The Labute approximate surface area is 221 Å². The molecule has 2 aliphatic rings. The van der Waals surface area contributed by atoms with E-state index in [1.54, 1.807) is 34.6 Å². The Morgan fingerprint density at radius 1 is 1.19 bits per heavy atom. The normalized spacial score (nSPS) is 17.1. The first-order chi connectivity index (χ1) is 18.0. The van der Waals surface area contributed by atoms with Crippen LogP contribution in [0, 0.1) is 6.92 Å². The highest BCUT2D eigenvalue weighted by Gasteiger charge is 2.21. The molecule has 4 heterocycles. The lowest BCUT2D eigenvalue weighted by atomic mass is 10.1. The van der Waals surface area contributed by atoms with Gasteiger partial charge in [0.1, 0.15) is 5.82 Å². The molecule has 8 nitrogen and oxygen atoms in total. The zero-order valence-corrected chi connectivity index (χ0v) is 22.2. The maximum Gasteiger partial charge on any atom is 0.246 e. The minimum absolute atomic E-state index is 0.0511. The molecule has 2 aliphatic heterocycles. The standard InChI is InChI=1S/C28H33N5O3S/c1-20-23-5-3-4-6-24(23)37-25(20)18-31(2)27(35)8-7-21-15-22-17-33(10-9-32-11-13-36-14-12-32)19-26(34)30-28(22)29-16-21/h3-8,15-16H,9-14,17-19H2,1-2H3,(H,29,30,34)/b8-7+. The average molecular weight is 520 g/mol. The molecule has 3 aromatic rings. The lowest BCUT2D eigenvalue weighted by Gasteiger charge is -2.29. The third-order valence-corrected chi connectivity index (χ3v) is 8.22. The van der Waals surface area contributed by atoms with Crippen LogP contribution in [0.4, 0.5) is 5.82 Å². The van der Waals surface area contributed by atoms with Crippen LogP contribution in [-0.4, -0.2) is 84.5 Å². The molecule has 0 spiro atoms. The predicted octanol–water partition coefficient (Wildman–Crippen LogP) is 3.36. The molecule has 2 aromatic heterocycles. The number of aromatic nitrogens is 1. The van der Waals surface area contributed by atoms with Gasteiger partial charge < -0.3 is 15.0 Å². The van der Waals surface area contributed by atoms with E-state index in [1.165, 1.54) is 20.5 Å². The van der Waals surface area contributed by atoms with Crippen molar-refractivity contribution in [1.82, 2.24) is 19.7 Å². The smallest absolute Gasteiger partial charge is 0.246 e. The van der Waals surface area contributed by atoms with Crippen molar-refractivity contribution in [2.45, 2.75) is 20.0 Å². The molecule has 194 valence electrons. The highest BCUT2D eigenvalue weighted by Crippen LogP contribution is 2.31. The quantitative estimate of drug-likeness (QED) is 0.483. The van der Waals surface area contributed by atoms with Crippen LogP contribution in [0.3, 0.4) is 0 Å². The van der Waals surface area contributed by atoms with E-state index >= 15 is 0 Å². The second kappa shape index (κ2) is 11.5. The molecule has 0 atom stereocenters. The number of thiophene rings is 1. The van der Waals surface area contributed by atoms with Crippen LogP contribution in [0.5, 0.6) is 0 Å². The van der Waals surface area contributed by atoms with Crippen LogP contribution in [0.2, 0.25) is 0 Å². The number of morpholine rings is 1. The van der Waals surface area contributed by atoms with E-state index in [0.29, 0.717) is 25.5 Å². The molecule has 2 amide bonds. The first-order valence-electron chi connectivity index (χ1n) is 12.7. The summed E-state index contributed by atoms with van der Waals surface area (Å²) in [5.41, 5.74) is 3.03. The molecule has 37 heavy (non-hydrogen) atoms. The van der Waals surface area contributed by atoms with Crippen molar-refractivity contribution >= 4 is 45.1 Å². The van der Waals surface area contributed by atoms with Crippen molar-refractivity contribution < 1.29 is 14.3 Å². The zero-order valence-electron chi connectivity index (χ0n) is 21.4. The minimum atomic E-state index is -0.0627. The average Bonchev–Trinajstić information content (AvgIpc) is 3.12. The monoisotopic (exact) mass is 519 g/mol. The summed E-state index contributed by atoms with van der Waals surface area (Å²) in [5.74, 6) is 0.483. The topological polar surface area (TPSA) is 78.0 Å². The number of hydrogen-bond acceptors (Lipinski definition) is 7. The van der Waals surface area contributed by atoms with Crippen molar-refractivity contribution in [2.75, 3.05) is 58.3 Å². The van der Waals surface area contributed by atoms with E-state index in [2.05, 4.69) is 39.2 Å². The Bertz CT molecular complexity index is 1310. The number of carbonyl (C=O) groups is 2. The predicted molar refractivity (Wildman–Crippen MR) is 147 cm³/mol. The summed E-state index contributed by atoms with van der Waals surface area (Å²) in [5, 5.41) is 4.17. The van der Waals surface area contributed by atoms with Gasteiger partial charge in [0.2, 0.25) is 11.8 Å². The Balaban J connectivity index is 1.23. The molecule has 0 saturated carbocycles. The Morgan fingerprint density at radius 3 is 2.78 bits per heavy atom. The number of aryl methyl sites for hydroxylation is 1. The van der Waals surface area contributed by atoms with E-state index in [9.17, 15) is 9.59 Å². The van der Waals surface area contributed by atoms with Gasteiger partial charge in [-0.25, -0.2) is 4.98 Å². The first kappa shape index (κ1) is 25.5. The fourth-order valence-corrected chi connectivity index (χ4v) is 6.02. The fraction of sp³-hybridized carbons (Fsp3) is 0.393. The van der Waals surface area contributed by atoms with Gasteiger partial charge in [-0.15, -0.1) is 11.3 Å². The fourth-order valence-electron chi connectivity index (χ4n) is 4.75. The van der Waals surface area contributed by atoms with E-state index in [4.69, 9.17) is 4.74 Å². The number of amides is 2. The first-order valence-corrected chi connectivity index (χ1v) is 13.5. The summed E-state index contributed by atoms with van der Waals surface area (Å²) in [6, 6.07) is 10.4. The van der Waals surface area contributed by atoms with Crippen LogP contribution >= 0.6 is 11.3 Å². The van der Waals surface area contributed by atoms with Crippen LogP contribution in [0.1, 0.15) is 21.6 Å². The number of fused-ring (bicyclic) bond motifs is 2. The highest BCUT2D eigenvalue weighted by atomic mass is 32.1. The van der Waals surface area contributed by atoms with Gasteiger partial charge in [-0.1, -0.05) is 18.2 Å². The molecule has 5 rings (SSSR count). The van der Waals surface area contributed by atoms with Crippen molar-refractivity contribution in [2.24, 2.45) is 0 Å². The molecular formula is C28H33N5O3S. The summed E-state index contributed by atoms with van der Waals surface area (Å²) in [6.45, 7) is 8.75. The van der Waals surface area contributed by atoms with Gasteiger partial charge in [0, 0.05) is 67.2 Å². The van der Waals surface area contributed by atoms with E-state index in [0.717, 1.165) is 50.5 Å². The number of benzene rings is 1. The van der Waals surface area contributed by atoms with Crippen LogP contribution < -0.4 is 5.32 Å². The number of anilines is 1. The van der Waals surface area contributed by atoms with Gasteiger partial charge >= 0.3 is 0 Å². The number of likely N-dealkylation sites (N-methyl/N-ethyl adjacent to an activating group) is 1. The molecule has 9 heteroatoms. The third-order valence-electron chi connectivity index (χ3n) is 6.96. The largest absolute Gasteiger partial charge is 0.379 e. The van der Waals surface area contributed by atoms with Gasteiger partial charge in [0.25, 0.3) is 0 Å². The number of ether oxygens (including phenoxy) is 1. The van der Waals surface area contributed by atoms with Crippen LogP contribution in [-0.2, 0) is 27.4 Å². The lowest BCUT2D eigenvalue weighted by molar-refractivity contribution is -0.125. The van der Waals surface area contributed by atoms with Crippen molar-refractivity contribution in [1.29, 1.82) is 0 Å². The second-order valence-electron chi connectivity index (χ2n) is 9.66. The Morgan fingerprint density at radius 2 is 1.97 bits per heavy atom. The molecule has 1 fully saturated rings. The number of pyridine rings is 1. The van der Waals surface area contributed by atoms with E-state index < -0.39 is 0 Å². The van der Waals surface area contributed by atoms with Gasteiger partial charge in [0.15, 0.2) is 0 Å². The SMILES string of the molecule is Cc1c(CN(C)C(=O)/C=C/c2cnc3c(c2)CN(CCN2CCOCC2)CC(=O)N3)sc2ccccc12. The molecule has 1 N–H and O–H groups in total. The van der Waals surface area contributed by atoms with Gasteiger partial charge in [-0.05, 0) is 41.6 Å². The Kier molecular flexibility index (Phi) is 7.95. The molecule has 0 aliphatic carbocycles. The number of nitrogens with zero attached hydrogens (tertiary/aromatic N) is 4. The van der Waals surface area contributed by atoms with Crippen molar-refractivity contribution in [3.63, 3.8) is 0 Å². The number of rotatable bonds is 7. The van der Waals surface area contributed by atoms with Crippen molar-refractivity contribution in [3.8, 4) is 0 Å². The summed E-state index contributed by atoms with van der Waals surface area (Å²) < 4.78 is 6.67.